The van der Waals surface area contributed by atoms with Crippen molar-refractivity contribution < 1.29 is 4.74 Å². The van der Waals surface area contributed by atoms with Gasteiger partial charge in [-0.2, -0.15) is 0 Å². The molecule has 0 radical (unpaired) electrons. The molecule has 1 N–H and O–H groups in total. The Labute approximate surface area is 109 Å². The second kappa shape index (κ2) is 7.57. The molecule has 1 rings (SSSR count). The number of methoxy groups -OCH3 is 1. The maximum Gasteiger partial charge on any atom is 0.137 e. The highest BCUT2D eigenvalue weighted by molar-refractivity contribution is 6.32. The van der Waals surface area contributed by atoms with E-state index in [1.165, 1.54) is 24.8 Å². The maximum atomic E-state index is 6.03. The van der Waals surface area contributed by atoms with Gasteiger partial charge >= 0.3 is 0 Å². The maximum absolute atomic E-state index is 6.03. The average Bonchev–Trinajstić information content (AvgIpc) is 2.36. The summed E-state index contributed by atoms with van der Waals surface area (Å²) in [5.41, 5.74) is 1.24. The van der Waals surface area contributed by atoms with Crippen LogP contribution < -0.4 is 10.1 Å². The summed E-state index contributed by atoms with van der Waals surface area (Å²) in [6.45, 7) is 2.22. The Morgan fingerprint density at radius 3 is 2.71 bits per heavy atom. The van der Waals surface area contributed by atoms with Crippen LogP contribution in [0.5, 0.6) is 5.75 Å². The smallest absolute Gasteiger partial charge is 0.137 e. The number of hydrogen-bond acceptors (Lipinski definition) is 2. The molecule has 0 amide bonds. The number of benzene rings is 1. The first-order chi connectivity index (χ1) is 8.22. The fourth-order valence-electron chi connectivity index (χ4n) is 1.97. The van der Waals surface area contributed by atoms with E-state index in [1.54, 1.807) is 7.11 Å². The zero-order chi connectivity index (χ0) is 12.7. The lowest BCUT2D eigenvalue weighted by Gasteiger charge is -2.17. The molecular formula is C14H22ClNO. The third-order valence-electron chi connectivity index (χ3n) is 3.02. The van der Waals surface area contributed by atoms with E-state index in [2.05, 4.69) is 18.3 Å². The summed E-state index contributed by atoms with van der Waals surface area (Å²) < 4.78 is 5.25. The zero-order valence-corrected chi connectivity index (χ0v) is 11.7. The molecule has 0 aliphatic rings. The van der Waals surface area contributed by atoms with Crippen LogP contribution in [-0.4, -0.2) is 14.2 Å². The number of halogens is 1. The van der Waals surface area contributed by atoms with Crippen molar-refractivity contribution in [2.45, 2.75) is 38.6 Å². The Balaban J connectivity index is 2.73. The van der Waals surface area contributed by atoms with Gasteiger partial charge < -0.3 is 10.1 Å². The molecule has 1 aromatic rings. The lowest BCUT2D eigenvalue weighted by Crippen LogP contribution is -2.16. The van der Waals surface area contributed by atoms with Gasteiger partial charge in [-0.25, -0.2) is 0 Å². The lowest BCUT2D eigenvalue weighted by atomic mass is 10.0. The first-order valence-corrected chi connectivity index (χ1v) is 6.61. The average molecular weight is 256 g/mol. The van der Waals surface area contributed by atoms with Gasteiger partial charge in [0.05, 0.1) is 12.1 Å². The molecule has 0 bridgehead atoms. The zero-order valence-electron chi connectivity index (χ0n) is 10.9. The predicted octanol–water partition coefficient (Wildman–Crippen LogP) is 4.19. The molecule has 0 aromatic heterocycles. The van der Waals surface area contributed by atoms with Gasteiger partial charge in [0.15, 0.2) is 0 Å². The van der Waals surface area contributed by atoms with Crippen LogP contribution in [0.15, 0.2) is 18.2 Å². The van der Waals surface area contributed by atoms with Gasteiger partial charge in [0.1, 0.15) is 5.75 Å². The SMILES string of the molecule is CCCCCC(NC)c1ccc(Cl)c(OC)c1. The van der Waals surface area contributed by atoms with E-state index in [0.29, 0.717) is 11.1 Å². The second-order valence-corrected chi connectivity index (χ2v) is 4.64. The van der Waals surface area contributed by atoms with Crippen molar-refractivity contribution in [1.82, 2.24) is 5.32 Å². The predicted molar refractivity (Wildman–Crippen MR) is 73.9 cm³/mol. The van der Waals surface area contributed by atoms with Crippen molar-refractivity contribution >= 4 is 11.6 Å². The Morgan fingerprint density at radius 2 is 2.12 bits per heavy atom. The molecular weight excluding hydrogens is 234 g/mol. The first-order valence-electron chi connectivity index (χ1n) is 6.23. The van der Waals surface area contributed by atoms with Crippen LogP contribution in [0.4, 0.5) is 0 Å². The first kappa shape index (κ1) is 14.3. The van der Waals surface area contributed by atoms with Crippen molar-refractivity contribution in [2.24, 2.45) is 0 Å². The number of ether oxygens (including phenoxy) is 1. The van der Waals surface area contributed by atoms with Gasteiger partial charge in [0, 0.05) is 6.04 Å². The highest BCUT2D eigenvalue weighted by Gasteiger charge is 2.11. The van der Waals surface area contributed by atoms with E-state index in [-0.39, 0.29) is 0 Å². The van der Waals surface area contributed by atoms with Crippen LogP contribution in [0.25, 0.3) is 0 Å². The molecule has 3 heteroatoms. The molecule has 1 aromatic carbocycles. The third-order valence-corrected chi connectivity index (χ3v) is 3.33. The summed E-state index contributed by atoms with van der Waals surface area (Å²) in [5.74, 6) is 0.750. The molecule has 0 saturated heterocycles. The van der Waals surface area contributed by atoms with Gasteiger partial charge in [-0.1, -0.05) is 43.9 Å². The van der Waals surface area contributed by atoms with Crippen molar-refractivity contribution in [3.05, 3.63) is 28.8 Å². The van der Waals surface area contributed by atoms with Crippen molar-refractivity contribution in [1.29, 1.82) is 0 Å². The lowest BCUT2D eigenvalue weighted by molar-refractivity contribution is 0.412. The summed E-state index contributed by atoms with van der Waals surface area (Å²) in [6, 6.07) is 6.38. The van der Waals surface area contributed by atoms with Crippen molar-refractivity contribution in [2.75, 3.05) is 14.2 Å². The number of rotatable bonds is 7. The molecule has 96 valence electrons. The van der Waals surface area contributed by atoms with Crippen LogP contribution in [0.1, 0.15) is 44.2 Å². The second-order valence-electron chi connectivity index (χ2n) is 4.23. The largest absolute Gasteiger partial charge is 0.495 e. The summed E-state index contributed by atoms with van der Waals surface area (Å²) in [4.78, 5) is 0. The Bertz CT molecular complexity index is 341. The Morgan fingerprint density at radius 1 is 1.35 bits per heavy atom. The summed E-state index contributed by atoms with van der Waals surface area (Å²) in [5, 5.41) is 4.02. The van der Waals surface area contributed by atoms with E-state index in [9.17, 15) is 0 Å². The third kappa shape index (κ3) is 4.21. The normalized spacial score (nSPS) is 12.5. The van der Waals surface area contributed by atoms with Gasteiger partial charge in [0.2, 0.25) is 0 Å². The van der Waals surface area contributed by atoms with Gasteiger partial charge in [0.25, 0.3) is 0 Å². The Hall–Kier alpha value is -0.730. The van der Waals surface area contributed by atoms with Crippen LogP contribution in [0.2, 0.25) is 5.02 Å². The Kier molecular flexibility index (Phi) is 6.38. The van der Waals surface area contributed by atoms with Crippen LogP contribution in [-0.2, 0) is 0 Å². The standard InChI is InChI=1S/C14H22ClNO/c1-4-5-6-7-13(16-2)11-8-9-12(15)14(10-11)17-3/h8-10,13,16H,4-7H2,1-3H3. The van der Waals surface area contributed by atoms with Crippen molar-refractivity contribution in [3.8, 4) is 5.75 Å². The minimum Gasteiger partial charge on any atom is -0.495 e. The molecule has 17 heavy (non-hydrogen) atoms. The molecule has 1 unspecified atom stereocenters. The summed E-state index contributed by atoms with van der Waals surface area (Å²) in [7, 11) is 3.65. The number of unbranched alkanes of at least 4 members (excludes halogenated alkanes) is 2. The highest BCUT2D eigenvalue weighted by Crippen LogP contribution is 2.29. The van der Waals surface area contributed by atoms with Gasteiger partial charge in [-0.3, -0.25) is 0 Å². The highest BCUT2D eigenvalue weighted by atomic mass is 35.5. The molecule has 0 spiro atoms. The fraction of sp³-hybridized carbons (Fsp3) is 0.571. The minimum atomic E-state index is 0.382. The van der Waals surface area contributed by atoms with Crippen LogP contribution >= 0.6 is 11.6 Å². The van der Waals surface area contributed by atoms with Crippen LogP contribution in [0.3, 0.4) is 0 Å². The minimum absolute atomic E-state index is 0.382. The van der Waals surface area contributed by atoms with Gasteiger partial charge in [-0.05, 0) is 31.2 Å². The molecule has 0 saturated carbocycles. The van der Waals surface area contributed by atoms with E-state index < -0.39 is 0 Å². The summed E-state index contributed by atoms with van der Waals surface area (Å²) >= 11 is 6.03. The fourth-order valence-corrected chi connectivity index (χ4v) is 2.16. The van der Waals surface area contributed by atoms with Crippen molar-refractivity contribution in [3.63, 3.8) is 0 Å². The number of nitrogens with one attached hydrogen (secondary N) is 1. The van der Waals surface area contributed by atoms with E-state index in [0.717, 1.165) is 12.2 Å². The quantitative estimate of drug-likeness (QED) is 0.738. The van der Waals surface area contributed by atoms with E-state index in [1.807, 2.05) is 19.2 Å². The monoisotopic (exact) mass is 255 g/mol. The molecule has 1 atom stereocenters. The topological polar surface area (TPSA) is 21.3 Å². The molecule has 2 nitrogen and oxygen atoms in total. The van der Waals surface area contributed by atoms with Gasteiger partial charge in [-0.15, -0.1) is 0 Å². The molecule has 0 aliphatic carbocycles. The molecule has 0 aliphatic heterocycles. The summed E-state index contributed by atoms with van der Waals surface area (Å²) in [6.07, 6.45) is 4.92. The molecule has 0 fully saturated rings. The molecule has 0 heterocycles. The van der Waals surface area contributed by atoms with E-state index >= 15 is 0 Å². The number of hydrogen-bond donors (Lipinski definition) is 1. The van der Waals surface area contributed by atoms with E-state index in [4.69, 9.17) is 16.3 Å². The van der Waals surface area contributed by atoms with Crippen LogP contribution in [0, 0.1) is 0 Å².